The lowest BCUT2D eigenvalue weighted by atomic mass is 10.1. The summed E-state index contributed by atoms with van der Waals surface area (Å²) in [6.45, 7) is 3.90. The van der Waals surface area contributed by atoms with Crippen LogP contribution in [0.25, 0.3) is 5.69 Å². The summed E-state index contributed by atoms with van der Waals surface area (Å²) in [6, 6.07) is 7.03. The molecule has 1 heterocycles. The molecule has 0 amide bonds. The van der Waals surface area contributed by atoms with Gasteiger partial charge < -0.3 is 0 Å². The SMILES string of the molecule is CCc1cc(CC)n(-c2ccc(C(F)(F)F)c(C#N)c2)n1. The lowest BCUT2D eigenvalue weighted by Crippen LogP contribution is -2.09. The summed E-state index contributed by atoms with van der Waals surface area (Å²) in [6.07, 6.45) is -3.09. The molecule has 2 aromatic rings. The molecule has 0 unspecified atom stereocenters. The van der Waals surface area contributed by atoms with Crippen molar-refractivity contribution in [2.75, 3.05) is 0 Å². The molecule has 0 radical (unpaired) electrons. The van der Waals surface area contributed by atoms with Crippen LogP contribution < -0.4 is 0 Å². The van der Waals surface area contributed by atoms with Crippen molar-refractivity contribution in [3.05, 3.63) is 46.8 Å². The van der Waals surface area contributed by atoms with E-state index in [4.69, 9.17) is 5.26 Å². The molecule has 0 saturated carbocycles. The van der Waals surface area contributed by atoms with Gasteiger partial charge >= 0.3 is 6.18 Å². The Kier molecular flexibility index (Phi) is 4.03. The molecule has 110 valence electrons. The van der Waals surface area contributed by atoms with Crippen molar-refractivity contribution in [1.82, 2.24) is 9.78 Å². The molecular formula is C15H14F3N3. The van der Waals surface area contributed by atoms with Crippen molar-refractivity contribution in [2.45, 2.75) is 32.9 Å². The molecule has 21 heavy (non-hydrogen) atoms. The minimum absolute atomic E-state index is 0.393. The van der Waals surface area contributed by atoms with Gasteiger partial charge in [0.1, 0.15) is 0 Å². The molecule has 6 heteroatoms. The Morgan fingerprint density at radius 1 is 1.19 bits per heavy atom. The van der Waals surface area contributed by atoms with E-state index >= 15 is 0 Å². The smallest absolute Gasteiger partial charge is 0.238 e. The second-order valence-corrected chi connectivity index (χ2v) is 4.59. The molecule has 0 spiro atoms. The fourth-order valence-corrected chi connectivity index (χ4v) is 2.13. The number of aryl methyl sites for hydroxylation is 2. The van der Waals surface area contributed by atoms with Gasteiger partial charge in [-0.3, -0.25) is 0 Å². The van der Waals surface area contributed by atoms with Gasteiger partial charge in [-0.15, -0.1) is 0 Å². The largest absolute Gasteiger partial charge is 0.417 e. The normalized spacial score (nSPS) is 11.4. The fraction of sp³-hybridized carbons (Fsp3) is 0.333. The Balaban J connectivity index is 2.57. The summed E-state index contributed by atoms with van der Waals surface area (Å²) in [5.74, 6) is 0. The first-order valence-corrected chi connectivity index (χ1v) is 6.60. The second kappa shape index (κ2) is 5.60. The fourth-order valence-electron chi connectivity index (χ4n) is 2.13. The lowest BCUT2D eigenvalue weighted by molar-refractivity contribution is -0.137. The van der Waals surface area contributed by atoms with E-state index in [1.165, 1.54) is 12.1 Å². The van der Waals surface area contributed by atoms with Gasteiger partial charge in [0.15, 0.2) is 0 Å². The maximum atomic E-state index is 12.8. The Morgan fingerprint density at radius 3 is 2.43 bits per heavy atom. The van der Waals surface area contributed by atoms with Gasteiger partial charge in [0.2, 0.25) is 0 Å². The molecule has 0 saturated heterocycles. The van der Waals surface area contributed by atoms with Crippen molar-refractivity contribution in [2.24, 2.45) is 0 Å². The predicted octanol–water partition coefficient (Wildman–Crippen LogP) is 3.89. The third-order valence-corrected chi connectivity index (χ3v) is 3.23. The van der Waals surface area contributed by atoms with Gasteiger partial charge in [-0.25, -0.2) is 4.68 Å². The number of benzene rings is 1. The topological polar surface area (TPSA) is 41.6 Å². The van der Waals surface area contributed by atoms with E-state index in [0.29, 0.717) is 12.1 Å². The van der Waals surface area contributed by atoms with Crippen LogP contribution in [0.2, 0.25) is 0 Å². The van der Waals surface area contributed by atoms with E-state index < -0.39 is 17.3 Å². The molecular weight excluding hydrogens is 279 g/mol. The highest BCUT2D eigenvalue weighted by Gasteiger charge is 2.33. The molecule has 0 fully saturated rings. The predicted molar refractivity (Wildman–Crippen MR) is 72.0 cm³/mol. The van der Waals surface area contributed by atoms with Gasteiger partial charge in [-0.05, 0) is 37.1 Å². The number of nitrogens with zero attached hydrogens (tertiary/aromatic N) is 3. The molecule has 0 aliphatic heterocycles. The molecule has 0 aliphatic rings. The van der Waals surface area contributed by atoms with E-state index in [0.717, 1.165) is 23.9 Å². The number of alkyl halides is 3. The Hall–Kier alpha value is -2.29. The summed E-state index contributed by atoms with van der Waals surface area (Å²) >= 11 is 0. The number of aromatic nitrogens is 2. The van der Waals surface area contributed by atoms with Crippen molar-refractivity contribution in [3.8, 4) is 11.8 Å². The highest BCUT2D eigenvalue weighted by molar-refractivity contribution is 5.48. The number of hydrogen-bond acceptors (Lipinski definition) is 2. The van der Waals surface area contributed by atoms with E-state index in [1.54, 1.807) is 10.8 Å². The minimum atomic E-state index is -4.53. The van der Waals surface area contributed by atoms with Crippen LogP contribution in [0.4, 0.5) is 13.2 Å². The van der Waals surface area contributed by atoms with Crippen LogP contribution in [0.3, 0.4) is 0 Å². The molecule has 0 N–H and O–H groups in total. The van der Waals surface area contributed by atoms with Crippen molar-refractivity contribution in [3.63, 3.8) is 0 Å². The number of halogens is 3. The molecule has 0 aliphatic carbocycles. The molecule has 1 aromatic heterocycles. The standard InChI is InChI=1S/C15H14F3N3/c1-3-11-8-12(4-2)21(20-11)13-5-6-14(15(16,17)18)10(7-13)9-19/h5-8H,3-4H2,1-2H3. The molecule has 3 nitrogen and oxygen atoms in total. The summed E-state index contributed by atoms with van der Waals surface area (Å²) in [5, 5.41) is 13.3. The van der Waals surface area contributed by atoms with Gasteiger partial charge in [0.05, 0.1) is 28.6 Å². The van der Waals surface area contributed by atoms with Crippen LogP contribution in [-0.2, 0) is 19.0 Å². The van der Waals surface area contributed by atoms with Gasteiger partial charge in [0.25, 0.3) is 0 Å². The third kappa shape index (κ3) is 2.92. The highest BCUT2D eigenvalue weighted by atomic mass is 19.4. The number of hydrogen-bond donors (Lipinski definition) is 0. The highest BCUT2D eigenvalue weighted by Crippen LogP contribution is 2.32. The van der Waals surface area contributed by atoms with Crippen LogP contribution in [-0.4, -0.2) is 9.78 Å². The minimum Gasteiger partial charge on any atom is -0.238 e. The van der Waals surface area contributed by atoms with Crippen LogP contribution >= 0.6 is 0 Å². The molecule has 2 rings (SSSR count). The zero-order valence-corrected chi connectivity index (χ0v) is 11.7. The van der Waals surface area contributed by atoms with Gasteiger partial charge in [-0.2, -0.15) is 23.5 Å². The number of nitriles is 1. The Labute approximate surface area is 120 Å². The molecule has 0 bridgehead atoms. The van der Waals surface area contributed by atoms with Crippen molar-refractivity contribution < 1.29 is 13.2 Å². The first-order chi connectivity index (χ1) is 9.90. The van der Waals surface area contributed by atoms with E-state index in [-0.39, 0.29) is 0 Å². The van der Waals surface area contributed by atoms with Crippen LogP contribution in [0.15, 0.2) is 24.3 Å². The van der Waals surface area contributed by atoms with Crippen LogP contribution in [0, 0.1) is 11.3 Å². The van der Waals surface area contributed by atoms with Crippen molar-refractivity contribution >= 4 is 0 Å². The Bertz CT molecular complexity index is 693. The first kappa shape index (κ1) is 15.1. The summed E-state index contributed by atoms with van der Waals surface area (Å²) in [5.41, 5.74) is 0.919. The zero-order valence-electron chi connectivity index (χ0n) is 11.7. The molecule has 0 atom stereocenters. The summed E-state index contributed by atoms with van der Waals surface area (Å²) < 4.78 is 40.0. The average Bonchev–Trinajstić information content (AvgIpc) is 2.89. The first-order valence-electron chi connectivity index (χ1n) is 6.60. The monoisotopic (exact) mass is 293 g/mol. The Morgan fingerprint density at radius 2 is 1.90 bits per heavy atom. The second-order valence-electron chi connectivity index (χ2n) is 4.59. The quantitative estimate of drug-likeness (QED) is 0.861. The van der Waals surface area contributed by atoms with Crippen LogP contribution in [0.5, 0.6) is 0 Å². The maximum absolute atomic E-state index is 12.8. The summed E-state index contributed by atoms with van der Waals surface area (Å²) in [7, 11) is 0. The van der Waals surface area contributed by atoms with E-state index in [1.807, 2.05) is 19.9 Å². The van der Waals surface area contributed by atoms with E-state index in [9.17, 15) is 13.2 Å². The lowest BCUT2D eigenvalue weighted by Gasteiger charge is -2.11. The maximum Gasteiger partial charge on any atom is 0.417 e. The average molecular weight is 293 g/mol. The van der Waals surface area contributed by atoms with Crippen LogP contribution in [0.1, 0.15) is 36.4 Å². The number of rotatable bonds is 3. The zero-order chi connectivity index (χ0) is 15.6. The summed E-state index contributed by atoms with van der Waals surface area (Å²) in [4.78, 5) is 0. The van der Waals surface area contributed by atoms with Crippen molar-refractivity contribution in [1.29, 1.82) is 5.26 Å². The van der Waals surface area contributed by atoms with E-state index in [2.05, 4.69) is 5.10 Å². The third-order valence-electron chi connectivity index (χ3n) is 3.23. The molecule has 1 aromatic carbocycles. The van der Waals surface area contributed by atoms with Gasteiger partial charge in [-0.1, -0.05) is 13.8 Å². The van der Waals surface area contributed by atoms with Gasteiger partial charge in [0, 0.05) is 5.69 Å².